The third-order valence-electron chi connectivity index (χ3n) is 7.13. The van der Waals surface area contributed by atoms with Crippen molar-refractivity contribution in [1.29, 1.82) is 0 Å². The van der Waals surface area contributed by atoms with Gasteiger partial charge in [-0.2, -0.15) is 0 Å². The number of thioether (sulfide) groups is 1. The predicted octanol–water partition coefficient (Wildman–Crippen LogP) is 5.67. The summed E-state index contributed by atoms with van der Waals surface area (Å²) in [6.07, 6.45) is 3.03. The van der Waals surface area contributed by atoms with Crippen LogP contribution < -0.4 is 19.7 Å². The van der Waals surface area contributed by atoms with Gasteiger partial charge in [0.25, 0.3) is 5.91 Å². The van der Waals surface area contributed by atoms with Gasteiger partial charge in [0.05, 0.1) is 26.0 Å². The summed E-state index contributed by atoms with van der Waals surface area (Å²) in [6, 6.07) is 15.9. The lowest BCUT2D eigenvalue weighted by atomic mass is 9.92. The van der Waals surface area contributed by atoms with Gasteiger partial charge in [-0.3, -0.25) is 4.79 Å². The van der Waals surface area contributed by atoms with Crippen LogP contribution in [0.5, 0.6) is 11.5 Å². The summed E-state index contributed by atoms with van der Waals surface area (Å²) in [4.78, 5) is 24.5. The number of ether oxygens (including phenoxy) is 3. The van der Waals surface area contributed by atoms with Crippen LogP contribution in [0.2, 0.25) is 0 Å². The van der Waals surface area contributed by atoms with E-state index >= 15 is 0 Å². The topological polar surface area (TPSA) is 85.8 Å². The van der Waals surface area contributed by atoms with Crippen LogP contribution in [0.1, 0.15) is 60.8 Å². The van der Waals surface area contributed by atoms with Gasteiger partial charge in [0, 0.05) is 49.5 Å². The third-order valence-corrected chi connectivity index (χ3v) is 8.05. The standard InChI is InChI=1S/C32H42N4O4S/c1-32(2,3)28-19-29(36(4)16-15-22-11-14-26(38-5)27(18-22)39-6)35-31(34-28)41-21-23-9-12-24(13-10-23)30(37)33-20-25-8-7-17-40-25/h9-14,18-19,25H,7-8,15-17,20-21H2,1-6H3,(H,33,37)/t25-/m1/s1. The van der Waals surface area contributed by atoms with Crippen molar-refractivity contribution < 1.29 is 19.0 Å². The van der Waals surface area contributed by atoms with E-state index in [1.807, 2.05) is 36.4 Å². The van der Waals surface area contributed by atoms with Gasteiger partial charge in [0.15, 0.2) is 16.7 Å². The predicted molar refractivity (Wildman–Crippen MR) is 165 cm³/mol. The van der Waals surface area contributed by atoms with E-state index in [2.05, 4.69) is 50.2 Å². The molecule has 2 heterocycles. The second kappa shape index (κ2) is 14.0. The van der Waals surface area contributed by atoms with Crippen molar-refractivity contribution in [3.8, 4) is 11.5 Å². The van der Waals surface area contributed by atoms with Crippen LogP contribution in [-0.4, -0.2) is 62.9 Å². The summed E-state index contributed by atoms with van der Waals surface area (Å²) < 4.78 is 16.4. The largest absolute Gasteiger partial charge is 0.493 e. The summed E-state index contributed by atoms with van der Waals surface area (Å²) in [7, 11) is 5.36. The quantitative estimate of drug-likeness (QED) is 0.217. The minimum atomic E-state index is -0.115. The lowest BCUT2D eigenvalue weighted by molar-refractivity contribution is 0.0858. The van der Waals surface area contributed by atoms with Crippen molar-refractivity contribution in [2.45, 2.75) is 62.5 Å². The molecule has 1 amide bonds. The molecular weight excluding hydrogens is 536 g/mol. The van der Waals surface area contributed by atoms with Crippen molar-refractivity contribution in [1.82, 2.24) is 15.3 Å². The molecule has 1 atom stereocenters. The van der Waals surface area contributed by atoms with Gasteiger partial charge in [-0.25, -0.2) is 9.97 Å². The Kier molecular flexibility index (Phi) is 10.5. The van der Waals surface area contributed by atoms with E-state index < -0.39 is 0 Å². The number of aromatic nitrogens is 2. The average molecular weight is 579 g/mol. The van der Waals surface area contributed by atoms with Gasteiger partial charge in [-0.1, -0.05) is 50.7 Å². The van der Waals surface area contributed by atoms with Crippen LogP contribution in [0.15, 0.2) is 53.7 Å². The Bertz CT molecular complexity index is 1300. The number of rotatable bonds is 12. The molecule has 1 N–H and O–H groups in total. The first-order valence-electron chi connectivity index (χ1n) is 14.1. The molecule has 0 spiro atoms. The van der Waals surface area contributed by atoms with E-state index in [9.17, 15) is 4.79 Å². The summed E-state index contributed by atoms with van der Waals surface area (Å²) >= 11 is 1.60. The molecule has 220 valence electrons. The number of nitrogens with zero attached hydrogens (tertiary/aromatic N) is 3. The van der Waals surface area contributed by atoms with Crippen LogP contribution in [0, 0.1) is 0 Å². The zero-order valence-corrected chi connectivity index (χ0v) is 25.8. The molecule has 1 aliphatic rings. The number of nitrogens with one attached hydrogen (secondary N) is 1. The van der Waals surface area contributed by atoms with Gasteiger partial charge in [0.2, 0.25) is 0 Å². The van der Waals surface area contributed by atoms with Crippen molar-refractivity contribution in [3.63, 3.8) is 0 Å². The number of amides is 1. The molecule has 1 aromatic heterocycles. The molecule has 1 aliphatic heterocycles. The zero-order valence-electron chi connectivity index (χ0n) is 25.0. The number of benzene rings is 2. The van der Waals surface area contributed by atoms with Crippen molar-refractivity contribution in [3.05, 3.63) is 70.9 Å². The number of methoxy groups -OCH3 is 2. The molecule has 0 radical (unpaired) electrons. The summed E-state index contributed by atoms with van der Waals surface area (Å²) in [5.74, 6) is 2.99. The van der Waals surface area contributed by atoms with E-state index in [1.165, 1.54) is 0 Å². The first-order chi connectivity index (χ1) is 19.7. The molecule has 0 saturated carbocycles. The number of carbonyl (C=O) groups excluding carboxylic acids is 1. The van der Waals surface area contributed by atoms with Gasteiger partial charge >= 0.3 is 0 Å². The van der Waals surface area contributed by atoms with E-state index in [-0.39, 0.29) is 17.4 Å². The minimum Gasteiger partial charge on any atom is -0.493 e. The smallest absolute Gasteiger partial charge is 0.251 e. The Morgan fingerprint density at radius 3 is 2.44 bits per heavy atom. The van der Waals surface area contributed by atoms with Crippen LogP contribution in [0.4, 0.5) is 5.82 Å². The van der Waals surface area contributed by atoms with Crippen molar-refractivity contribution in [2.75, 3.05) is 45.9 Å². The second-order valence-corrected chi connectivity index (χ2v) is 12.3. The van der Waals surface area contributed by atoms with Crippen molar-refractivity contribution in [2.24, 2.45) is 0 Å². The first-order valence-corrected chi connectivity index (χ1v) is 15.1. The molecule has 1 saturated heterocycles. The van der Waals surface area contributed by atoms with Gasteiger partial charge < -0.3 is 24.4 Å². The zero-order chi connectivity index (χ0) is 29.4. The van der Waals surface area contributed by atoms with Crippen LogP contribution in [0.3, 0.4) is 0 Å². The number of hydrogen-bond donors (Lipinski definition) is 1. The monoisotopic (exact) mass is 578 g/mol. The summed E-state index contributed by atoms with van der Waals surface area (Å²) in [5, 5.41) is 3.72. The Hall–Kier alpha value is -3.30. The highest BCUT2D eigenvalue weighted by molar-refractivity contribution is 7.98. The molecule has 0 bridgehead atoms. The fraction of sp³-hybridized carbons (Fsp3) is 0.469. The SMILES string of the molecule is COc1ccc(CCN(C)c2cc(C(C)(C)C)nc(SCc3ccc(C(=O)NC[C@H]4CCCO4)cc3)n2)cc1OC. The molecule has 1 fully saturated rings. The van der Waals surface area contributed by atoms with Gasteiger partial charge in [-0.15, -0.1) is 0 Å². The molecule has 0 unspecified atom stereocenters. The molecule has 0 aliphatic carbocycles. The highest BCUT2D eigenvalue weighted by atomic mass is 32.2. The third kappa shape index (κ3) is 8.60. The fourth-order valence-corrected chi connectivity index (χ4v) is 5.33. The fourth-order valence-electron chi connectivity index (χ4n) is 4.52. The molecule has 8 nitrogen and oxygen atoms in total. The lowest BCUT2D eigenvalue weighted by Crippen LogP contribution is -2.31. The highest BCUT2D eigenvalue weighted by Gasteiger charge is 2.20. The second-order valence-electron chi connectivity index (χ2n) is 11.3. The van der Waals surface area contributed by atoms with Crippen LogP contribution in [-0.2, 0) is 22.3 Å². The average Bonchev–Trinajstić information content (AvgIpc) is 3.51. The van der Waals surface area contributed by atoms with Crippen molar-refractivity contribution >= 4 is 23.5 Å². The maximum Gasteiger partial charge on any atom is 0.251 e. The number of anilines is 1. The van der Waals surface area contributed by atoms with E-state index in [4.69, 9.17) is 24.2 Å². The summed E-state index contributed by atoms with van der Waals surface area (Å²) in [6.45, 7) is 8.63. The first kappa shape index (κ1) is 30.7. The van der Waals surface area contributed by atoms with Gasteiger partial charge in [0.1, 0.15) is 5.82 Å². The number of carbonyl (C=O) groups is 1. The molecule has 9 heteroatoms. The number of likely N-dealkylation sites (N-methyl/N-ethyl adjacent to an activating group) is 1. The molecular formula is C32H42N4O4S. The Labute approximate surface area is 248 Å². The van der Waals surface area contributed by atoms with E-state index in [0.717, 1.165) is 71.7 Å². The highest BCUT2D eigenvalue weighted by Crippen LogP contribution is 2.30. The molecule has 4 rings (SSSR count). The van der Waals surface area contributed by atoms with Crippen LogP contribution >= 0.6 is 11.8 Å². The van der Waals surface area contributed by atoms with Gasteiger partial charge in [-0.05, 0) is 54.7 Å². The Morgan fingerprint density at radius 2 is 1.78 bits per heavy atom. The Morgan fingerprint density at radius 1 is 1.05 bits per heavy atom. The molecule has 41 heavy (non-hydrogen) atoms. The minimum absolute atomic E-state index is 0.0679. The van der Waals surface area contributed by atoms with Crippen LogP contribution in [0.25, 0.3) is 0 Å². The Balaban J connectivity index is 1.39. The maximum absolute atomic E-state index is 12.5. The lowest BCUT2D eigenvalue weighted by Gasteiger charge is -2.23. The van der Waals surface area contributed by atoms with E-state index in [0.29, 0.717) is 17.9 Å². The number of hydrogen-bond acceptors (Lipinski definition) is 8. The molecule has 2 aromatic carbocycles. The summed E-state index contributed by atoms with van der Waals surface area (Å²) in [5.41, 5.74) is 3.81. The molecule has 3 aromatic rings. The van der Waals surface area contributed by atoms with E-state index in [1.54, 1.807) is 26.0 Å². The normalized spacial score (nSPS) is 15.0. The maximum atomic E-state index is 12.5.